The maximum atomic E-state index is 13.9. The number of nitrogens with two attached hydrogens (primary N) is 1. The van der Waals surface area contributed by atoms with Gasteiger partial charge >= 0.3 is 17.9 Å². The van der Waals surface area contributed by atoms with Gasteiger partial charge in [0.1, 0.15) is 24.2 Å². The number of carboxylic acid groups (broad SMARTS) is 3. The second-order valence-electron chi connectivity index (χ2n) is 13.7. The fraction of sp³-hybridized carbons (Fsp3) is 0.727. The molecule has 2 fully saturated rings. The molecule has 19 nitrogen and oxygen atoms in total. The van der Waals surface area contributed by atoms with Crippen LogP contribution in [0.3, 0.4) is 0 Å². The van der Waals surface area contributed by atoms with Crippen molar-refractivity contribution in [1.82, 2.24) is 26.6 Å². The Kier molecular flexibility index (Phi) is 16.9. The van der Waals surface area contributed by atoms with Crippen molar-refractivity contribution >= 4 is 53.4 Å². The van der Waals surface area contributed by atoms with Crippen LogP contribution in [-0.2, 0) is 43.2 Å². The Morgan fingerprint density at radius 3 is 1.83 bits per heavy atom. The van der Waals surface area contributed by atoms with Crippen LogP contribution in [0.1, 0.15) is 104 Å². The molecule has 0 aromatic heterocycles. The first-order chi connectivity index (χ1) is 24.4. The largest absolute Gasteiger partial charge is 0.481 e. The Bertz CT molecular complexity index is 1350. The molecule has 0 aliphatic heterocycles. The Hall–Kier alpha value is -4.81. The molecule has 1 unspecified atom stereocenters. The predicted molar refractivity (Wildman–Crippen MR) is 180 cm³/mol. The molecule has 11 N–H and O–H groups in total. The average molecular weight is 741 g/mol. The van der Waals surface area contributed by atoms with Crippen molar-refractivity contribution in [3.05, 3.63) is 0 Å². The number of rotatable bonds is 23. The van der Waals surface area contributed by atoms with Crippen LogP contribution in [0.25, 0.3) is 0 Å². The van der Waals surface area contributed by atoms with E-state index in [2.05, 4.69) is 26.6 Å². The highest BCUT2D eigenvalue weighted by atomic mass is 16.4. The van der Waals surface area contributed by atoms with E-state index in [4.69, 9.17) is 10.8 Å². The van der Waals surface area contributed by atoms with E-state index in [1.165, 1.54) is 0 Å². The van der Waals surface area contributed by atoms with Gasteiger partial charge in [0.15, 0.2) is 6.10 Å². The normalized spacial score (nSPS) is 18.5. The smallest absolute Gasteiger partial charge is 0.335 e. The average Bonchev–Trinajstić information content (AvgIpc) is 3.86. The molecular weight excluding hydrogens is 688 g/mol. The van der Waals surface area contributed by atoms with Gasteiger partial charge in [-0.05, 0) is 37.5 Å². The van der Waals surface area contributed by atoms with Crippen molar-refractivity contribution in [2.75, 3.05) is 0 Å². The lowest BCUT2D eigenvalue weighted by atomic mass is 9.84. The minimum Gasteiger partial charge on any atom is -0.481 e. The topological polar surface area (TPSA) is 321 Å². The van der Waals surface area contributed by atoms with Crippen LogP contribution in [0.4, 0.5) is 0 Å². The third-order valence-electron chi connectivity index (χ3n) is 9.54. The van der Waals surface area contributed by atoms with Crippen LogP contribution in [0, 0.1) is 11.8 Å². The second-order valence-corrected chi connectivity index (χ2v) is 13.7. The van der Waals surface area contributed by atoms with E-state index in [1.54, 1.807) is 13.8 Å². The molecule has 2 aliphatic rings. The quantitative estimate of drug-likeness (QED) is 0.0580. The Labute approximate surface area is 300 Å². The van der Waals surface area contributed by atoms with E-state index in [9.17, 15) is 58.5 Å². The molecule has 2 rings (SSSR count). The third-order valence-corrected chi connectivity index (χ3v) is 9.54. The molecule has 0 heterocycles. The van der Waals surface area contributed by atoms with Gasteiger partial charge in [-0.15, -0.1) is 0 Å². The number of aliphatic hydroxyl groups excluding tert-OH is 1. The van der Waals surface area contributed by atoms with Crippen LogP contribution in [0.15, 0.2) is 0 Å². The number of carbonyl (C=O) groups is 9. The van der Waals surface area contributed by atoms with E-state index in [1.807, 2.05) is 0 Å². The van der Waals surface area contributed by atoms with E-state index in [0.717, 1.165) is 32.1 Å². The second kappa shape index (κ2) is 20.3. The maximum Gasteiger partial charge on any atom is 0.335 e. The number of nitrogens with one attached hydrogen (secondary N) is 5. The van der Waals surface area contributed by atoms with Crippen molar-refractivity contribution in [1.29, 1.82) is 0 Å². The van der Waals surface area contributed by atoms with Crippen molar-refractivity contribution in [2.24, 2.45) is 17.6 Å². The summed E-state index contributed by atoms with van der Waals surface area (Å²) < 4.78 is 0. The summed E-state index contributed by atoms with van der Waals surface area (Å²) >= 11 is 0. The first kappa shape index (κ1) is 43.4. The van der Waals surface area contributed by atoms with Gasteiger partial charge in [0, 0.05) is 12.8 Å². The SMILES string of the molecule is CC[C@H](C)[C@H](NC(=O)[C@@H](CCC(=O)O)NC(=O)[C@H](CC(N)=O)NC(=O)CCC(=O)O)C(=O)N[C@@H](CC1CCCCC1)C(=O)NC1(C(O)C(=O)O)CC1. The lowest BCUT2D eigenvalue weighted by molar-refractivity contribution is -0.149. The molecule has 6 amide bonds. The number of aliphatic carboxylic acids is 3. The zero-order valence-electron chi connectivity index (χ0n) is 29.5. The number of carbonyl (C=O) groups excluding carboxylic acids is 6. The summed E-state index contributed by atoms with van der Waals surface area (Å²) in [5.74, 6) is -10.1. The molecule has 19 heteroatoms. The lowest BCUT2D eigenvalue weighted by Gasteiger charge is -2.31. The molecule has 0 radical (unpaired) electrons. The maximum absolute atomic E-state index is 13.9. The van der Waals surface area contributed by atoms with E-state index < -0.39 is 127 Å². The Balaban J connectivity index is 2.30. The highest BCUT2D eigenvalue weighted by Gasteiger charge is 2.54. The number of carboxylic acids is 3. The van der Waals surface area contributed by atoms with Crippen molar-refractivity contribution in [2.45, 2.75) is 140 Å². The number of amides is 6. The zero-order chi connectivity index (χ0) is 39.2. The summed E-state index contributed by atoms with van der Waals surface area (Å²) in [6, 6.07) is -5.69. The standard InChI is InChI=1S/C33H52N6O13/c1-3-17(2)26(31(50)37-20(15-18-7-5-4-6-8-18)30(49)39-33(13-14-33)27(46)32(51)52)38-28(47)19(9-11-24(42)43)36-29(48)21(16-22(34)40)35-23(41)10-12-25(44)45/h17-21,26-27,46H,3-16H2,1-2H3,(H2,34,40)(H,35,41)(H,36,48)(H,37,50)(H,38,47)(H,39,49)(H,42,43)(H,44,45)(H,51,52)/t17-,19+,20-,21-,26-,27?/m0/s1. The molecule has 2 saturated carbocycles. The summed E-state index contributed by atoms with van der Waals surface area (Å²) in [6.07, 6.45) is 0.703. The summed E-state index contributed by atoms with van der Waals surface area (Å²) in [4.78, 5) is 112. The third kappa shape index (κ3) is 14.1. The van der Waals surface area contributed by atoms with Gasteiger partial charge < -0.3 is 52.7 Å². The summed E-state index contributed by atoms with van der Waals surface area (Å²) in [6.45, 7) is 3.38. The molecule has 0 aromatic rings. The van der Waals surface area contributed by atoms with Crippen LogP contribution < -0.4 is 32.3 Å². The van der Waals surface area contributed by atoms with Gasteiger partial charge in [-0.1, -0.05) is 52.4 Å². The first-order valence-corrected chi connectivity index (χ1v) is 17.5. The van der Waals surface area contributed by atoms with Crippen molar-refractivity contribution < 1.29 is 63.6 Å². The zero-order valence-corrected chi connectivity index (χ0v) is 29.5. The van der Waals surface area contributed by atoms with Crippen LogP contribution in [0.2, 0.25) is 0 Å². The molecule has 52 heavy (non-hydrogen) atoms. The van der Waals surface area contributed by atoms with Gasteiger partial charge in [-0.25, -0.2) is 4.79 Å². The first-order valence-electron chi connectivity index (χ1n) is 17.5. The van der Waals surface area contributed by atoms with Gasteiger partial charge in [-0.2, -0.15) is 0 Å². The van der Waals surface area contributed by atoms with Crippen molar-refractivity contribution in [3.63, 3.8) is 0 Å². The van der Waals surface area contributed by atoms with Gasteiger partial charge in [0.05, 0.1) is 18.4 Å². The summed E-state index contributed by atoms with van der Waals surface area (Å²) in [5, 5.41) is 50.0. The lowest BCUT2D eigenvalue weighted by Crippen LogP contribution is -2.61. The number of aliphatic hydroxyl groups is 1. The van der Waals surface area contributed by atoms with E-state index >= 15 is 0 Å². The molecule has 292 valence electrons. The fourth-order valence-corrected chi connectivity index (χ4v) is 6.08. The highest BCUT2D eigenvalue weighted by Crippen LogP contribution is 2.39. The molecular formula is C33H52N6O13. The van der Waals surface area contributed by atoms with Crippen LogP contribution in [-0.4, -0.2) is 110 Å². The number of hydrogen-bond acceptors (Lipinski definition) is 10. The summed E-state index contributed by atoms with van der Waals surface area (Å²) in [5.41, 5.74) is 3.84. The fourth-order valence-electron chi connectivity index (χ4n) is 6.08. The van der Waals surface area contributed by atoms with Crippen LogP contribution in [0.5, 0.6) is 0 Å². The molecule has 0 spiro atoms. The number of primary amides is 1. The van der Waals surface area contributed by atoms with Gasteiger partial charge in [-0.3, -0.25) is 38.4 Å². The predicted octanol–water partition coefficient (Wildman–Crippen LogP) is -1.36. The molecule has 0 bridgehead atoms. The van der Waals surface area contributed by atoms with E-state index in [-0.39, 0.29) is 25.2 Å². The molecule has 0 saturated heterocycles. The summed E-state index contributed by atoms with van der Waals surface area (Å²) in [7, 11) is 0. The minimum atomic E-state index is -1.85. The Morgan fingerprint density at radius 1 is 0.731 bits per heavy atom. The minimum absolute atomic E-state index is 0.0644. The Morgan fingerprint density at radius 2 is 1.31 bits per heavy atom. The van der Waals surface area contributed by atoms with Gasteiger partial charge in [0.2, 0.25) is 35.4 Å². The van der Waals surface area contributed by atoms with E-state index in [0.29, 0.717) is 6.42 Å². The van der Waals surface area contributed by atoms with Crippen molar-refractivity contribution in [3.8, 4) is 0 Å². The van der Waals surface area contributed by atoms with Gasteiger partial charge in [0.25, 0.3) is 0 Å². The molecule has 6 atom stereocenters. The monoisotopic (exact) mass is 740 g/mol. The van der Waals surface area contributed by atoms with Crippen LogP contribution >= 0.6 is 0 Å². The number of hydrogen-bond donors (Lipinski definition) is 10. The molecule has 0 aromatic carbocycles. The highest BCUT2D eigenvalue weighted by molar-refractivity contribution is 5.97. The molecule has 2 aliphatic carbocycles.